The molecule has 0 unspecified atom stereocenters. The van der Waals surface area contributed by atoms with Gasteiger partial charge in [-0.1, -0.05) is 18.0 Å². The van der Waals surface area contributed by atoms with E-state index in [1.165, 1.54) is 24.6 Å². The average Bonchev–Trinajstić information content (AvgIpc) is 2.69. The van der Waals surface area contributed by atoms with Gasteiger partial charge in [0, 0.05) is 13.0 Å². The molecule has 102 valence electrons. The van der Waals surface area contributed by atoms with Gasteiger partial charge in [0.15, 0.2) is 10.9 Å². The number of nitrogens with zero attached hydrogens (tertiary/aromatic N) is 5. The zero-order valence-corrected chi connectivity index (χ0v) is 12.3. The van der Waals surface area contributed by atoms with E-state index in [1.807, 2.05) is 6.07 Å². The molecule has 2 aromatic heterocycles. The number of pyridine rings is 1. The van der Waals surface area contributed by atoms with Crippen molar-refractivity contribution >= 4 is 23.4 Å². The number of aromatic nitrogens is 4. The van der Waals surface area contributed by atoms with Crippen molar-refractivity contribution in [1.82, 2.24) is 19.7 Å². The second kappa shape index (κ2) is 5.81. The van der Waals surface area contributed by atoms with Crippen LogP contribution in [0, 0.1) is 11.3 Å². The van der Waals surface area contributed by atoms with Crippen LogP contribution in [-0.2, 0) is 13.0 Å². The molecule has 0 aromatic carbocycles. The number of hydrogen-bond acceptors (Lipinski definition) is 5. The Morgan fingerprint density at radius 2 is 2.15 bits per heavy atom. The Morgan fingerprint density at radius 1 is 1.25 bits per heavy atom. The van der Waals surface area contributed by atoms with Crippen LogP contribution in [0.2, 0.25) is 5.02 Å². The molecule has 0 amide bonds. The van der Waals surface area contributed by atoms with Gasteiger partial charge in [-0.3, -0.25) is 0 Å². The number of hydrogen-bond donors (Lipinski definition) is 0. The van der Waals surface area contributed by atoms with Crippen LogP contribution >= 0.6 is 23.4 Å². The van der Waals surface area contributed by atoms with Gasteiger partial charge in [0.05, 0.1) is 5.02 Å². The van der Waals surface area contributed by atoms with Gasteiger partial charge in [-0.15, -0.1) is 10.2 Å². The summed E-state index contributed by atoms with van der Waals surface area (Å²) in [6.45, 7) is 0.948. The summed E-state index contributed by atoms with van der Waals surface area (Å²) < 4.78 is 2.15. The molecule has 0 saturated heterocycles. The van der Waals surface area contributed by atoms with Crippen LogP contribution in [0.25, 0.3) is 0 Å². The Balaban J connectivity index is 1.88. The van der Waals surface area contributed by atoms with Crippen molar-refractivity contribution in [1.29, 1.82) is 5.26 Å². The molecule has 0 spiro atoms. The summed E-state index contributed by atoms with van der Waals surface area (Å²) in [5.41, 5.74) is 0.243. The predicted molar refractivity (Wildman–Crippen MR) is 75.7 cm³/mol. The summed E-state index contributed by atoms with van der Waals surface area (Å²) in [5, 5.41) is 19.4. The normalized spacial score (nSPS) is 14.4. The summed E-state index contributed by atoms with van der Waals surface area (Å²) in [7, 11) is 0. The third kappa shape index (κ3) is 2.65. The van der Waals surface area contributed by atoms with Crippen molar-refractivity contribution in [2.24, 2.45) is 0 Å². The van der Waals surface area contributed by atoms with E-state index in [0.29, 0.717) is 10.0 Å². The van der Waals surface area contributed by atoms with Crippen molar-refractivity contribution in [3.63, 3.8) is 0 Å². The minimum absolute atomic E-state index is 0.243. The zero-order valence-electron chi connectivity index (χ0n) is 10.7. The van der Waals surface area contributed by atoms with Gasteiger partial charge in [-0.25, -0.2) is 4.98 Å². The third-order valence-electron chi connectivity index (χ3n) is 3.20. The number of halogens is 1. The van der Waals surface area contributed by atoms with Crippen LogP contribution in [0.1, 0.15) is 30.8 Å². The van der Waals surface area contributed by atoms with Gasteiger partial charge in [-0.05, 0) is 36.7 Å². The minimum Gasteiger partial charge on any atom is -0.306 e. The second-order valence-electron chi connectivity index (χ2n) is 4.55. The fourth-order valence-electron chi connectivity index (χ4n) is 2.19. The third-order valence-corrected chi connectivity index (χ3v) is 4.42. The number of aryl methyl sites for hydroxylation is 1. The Labute approximate surface area is 126 Å². The number of fused-ring (bicyclic) bond motifs is 1. The molecule has 3 rings (SSSR count). The van der Waals surface area contributed by atoms with E-state index in [1.54, 1.807) is 12.1 Å². The molecule has 2 aromatic rings. The van der Waals surface area contributed by atoms with Gasteiger partial charge in [0.2, 0.25) is 0 Å². The molecule has 20 heavy (non-hydrogen) atoms. The van der Waals surface area contributed by atoms with E-state index in [9.17, 15) is 0 Å². The molecule has 0 bridgehead atoms. The number of nitriles is 1. The average molecular weight is 306 g/mol. The fourth-order valence-corrected chi connectivity index (χ4v) is 3.18. The van der Waals surface area contributed by atoms with Crippen LogP contribution in [-0.4, -0.2) is 19.7 Å². The molecule has 1 aliphatic heterocycles. The molecule has 3 heterocycles. The van der Waals surface area contributed by atoms with E-state index in [0.717, 1.165) is 30.4 Å². The van der Waals surface area contributed by atoms with Crippen LogP contribution in [0.4, 0.5) is 0 Å². The van der Waals surface area contributed by atoms with E-state index in [-0.39, 0.29) is 5.69 Å². The molecule has 0 radical (unpaired) electrons. The largest absolute Gasteiger partial charge is 0.306 e. The highest BCUT2D eigenvalue weighted by Crippen LogP contribution is 2.28. The lowest BCUT2D eigenvalue weighted by Gasteiger charge is -2.06. The van der Waals surface area contributed by atoms with E-state index < -0.39 is 0 Å². The van der Waals surface area contributed by atoms with Crippen molar-refractivity contribution in [3.8, 4) is 6.07 Å². The van der Waals surface area contributed by atoms with Crippen molar-refractivity contribution in [2.45, 2.75) is 42.4 Å². The first-order valence-corrected chi connectivity index (χ1v) is 7.64. The maximum Gasteiger partial charge on any atom is 0.197 e. The highest BCUT2D eigenvalue weighted by atomic mass is 35.5. The molecular weight excluding hydrogens is 294 g/mol. The van der Waals surface area contributed by atoms with Crippen LogP contribution in [0.3, 0.4) is 0 Å². The molecule has 1 aliphatic rings. The summed E-state index contributed by atoms with van der Waals surface area (Å²) in [5.74, 6) is 1.04. The van der Waals surface area contributed by atoms with Crippen molar-refractivity contribution in [3.05, 3.63) is 28.7 Å². The highest BCUT2D eigenvalue weighted by molar-refractivity contribution is 7.99. The molecule has 0 atom stereocenters. The maximum atomic E-state index is 8.96. The lowest BCUT2D eigenvalue weighted by Crippen LogP contribution is -2.02. The monoisotopic (exact) mass is 305 g/mol. The van der Waals surface area contributed by atoms with Crippen LogP contribution < -0.4 is 0 Å². The second-order valence-corrected chi connectivity index (χ2v) is 5.95. The molecule has 0 saturated carbocycles. The van der Waals surface area contributed by atoms with Gasteiger partial charge in [0.1, 0.15) is 16.9 Å². The SMILES string of the molecule is N#Cc1nc(Sc2nnc3n2CCCCC3)ccc1Cl. The van der Waals surface area contributed by atoms with Gasteiger partial charge < -0.3 is 4.57 Å². The Bertz CT molecular complexity index is 676. The highest BCUT2D eigenvalue weighted by Gasteiger charge is 2.16. The number of rotatable bonds is 2. The predicted octanol–water partition coefficient (Wildman–Crippen LogP) is 3.08. The smallest absolute Gasteiger partial charge is 0.197 e. The van der Waals surface area contributed by atoms with Gasteiger partial charge in [0.25, 0.3) is 0 Å². The maximum absolute atomic E-state index is 8.96. The van der Waals surface area contributed by atoms with Crippen molar-refractivity contribution in [2.75, 3.05) is 0 Å². The molecule has 0 N–H and O–H groups in total. The first kappa shape index (κ1) is 13.4. The molecular formula is C13H12ClN5S. The Morgan fingerprint density at radius 3 is 3.00 bits per heavy atom. The summed E-state index contributed by atoms with van der Waals surface area (Å²) in [4.78, 5) is 4.23. The van der Waals surface area contributed by atoms with E-state index in [4.69, 9.17) is 16.9 Å². The van der Waals surface area contributed by atoms with E-state index >= 15 is 0 Å². The summed E-state index contributed by atoms with van der Waals surface area (Å²) in [6.07, 6.45) is 4.52. The van der Waals surface area contributed by atoms with Gasteiger partial charge in [-0.2, -0.15) is 5.26 Å². The Hall–Kier alpha value is -1.58. The fraction of sp³-hybridized carbons (Fsp3) is 0.385. The quantitative estimate of drug-likeness (QED) is 0.853. The standard InChI is InChI=1S/C13H12ClN5S/c14-9-5-6-12(16-10(9)8-15)20-13-18-17-11-4-2-1-3-7-19(11)13/h5-6H,1-4,7H2. The lowest BCUT2D eigenvalue weighted by molar-refractivity contribution is 0.590. The van der Waals surface area contributed by atoms with Crippen LogP contribution in [0.15, 0.2) is 22.3 Å². The molecule has 0 fully saturated rings. The lowest BCUT2D eigenvalue weighted by atomic mass is 10.2. The van der Waals surface area contributed by atoms with Crippen LogP contribution in [0.5, 0.6) is 0 Å². The Kier molecular flexibility index (Phi) is 3.90. The molecule has 7 heteroatoms. The minimum atomic E-state index is 0.243. The molecule has 5 nitrogen and oxygen atoms in total. The van der Waals surface area contributed by atoms with E-state index in [2.05, 4.69) is 19.7 Å². The summed E-state index contributed by atoms with van der Waals surface area (Å²) >= 11 is 7.31. The van der Waals surface area contributed by atoms with Crippen molar-refractivity contribution < 1.29 is 0 Å². The molecule has 0 aliphatic carbocycles. The summed E-state index contributed by atoms with van der Waals surface area (Å²) in [6, 6.07) is 5.48. The first-order valence-electron chi connectivity index (χ1n) is 6.44. The van der Waals surface area contributed by atoms with Gasteiger partial charge >= 0.3 is 0 Å². The topological polar surface area (TPSA) is 67.4 Å². The zero-order chi connectivity index (χ0) is 13.9. The first-order chi connectivity index (χ1) is 9.78.